The van der Waals surface area contributed by atoms with E-state index in [2.05, 4.69) is 0 Å². The van der Waals surface area contributed by atoms with Crippen LogP contribution < -0.4 is 0 Å². The summed E-state index contributed by atoms with van der Waals surface area (Å²) in [6.07, 6.45) is 1.40. The van der Waals surface area contributed by atoms with E-state index >= 15 is 0 Å². The van der Waals surface area contributed by atoms with Crippen LogP contribution in [0.15, 0.2) is 23.1 Å². The van der Waals surface area contributed by atoms with Crippen molar-refractivity contribution in [2.45, 2.75) is 17.7 Å². The fraction of sp³-hybridized carbons (Fsp3) is 0.500. The van der Waals surface area contributed by atoms with Crippen LogP contribution in [-0.2, 0) is 10.0 Å². The molecular formula is C12H15Cl2NO3S. The molecule has 1 aliphatic heterocycles. The first kappa shape index (κ1) is 15.1. The molecule has 0 aliphatic carbocycles. The van der Waals surface area contributed by atoms with Crippen LogP contribution in [0.5, 0.6) is 0 Å². The molecular weight excluding hydrogens is 309 g/mol. The molecule has 0 bridgehead atoms. The lowest BCUT2D eigenvalue weighted by Gasteiger charge is -2.17. The van der Waals surface area contributed by atoms with Crippen molar-refractivity contribution in [2.24, 2.45) is 5.92 Å². The van der Waals surface area contributed by atoms with Gasteiger partial charge < -0.3 is 5.11 Å². The molecule has 4 nitrogen and oxygen atoms in total. The van der Waals surface area contributed by atoms with Gasteiger partial charge in [-0.05, 0) is 37.0 Å². The van der Waals surface area contributed by atoms with Crippen molar-refractivity contribution in [3.05, 3.63) is 28.2 Å². The van der Waals surface area contributed by atoms with Crippen LogP contribution in [0, 0.1) is 5.92 Å². The minimum absolute atomic E-state index is 0.0849. The van der Waals surface area contributed by atoms with Gasteiger partial charge >= 0.3 is 0 Å². The van der Waals surface area contributed by atoms with E-state index in [0.29, 0.717) is 29.6 Å². The second-order valence-electron chi connectivity index (χ2n) is 4.64. The molecule has 106 valence electrons. The van der Waals surface area contributed by atoms with Crippen molar-refractivity contribution in [1.82, 2.24) is 4.31 Å². The Morgan fingerprint density at radius 1 is 1.26 bits per heavy atom. The Kier molecular flexibility index (Phi) is 4.74. The summed E-state index contributed by atoms with van der Waals surface area (Å²) in [5, 5.41) is 9.51. The van der Waals surface area contributed by atoms with E-state index in [9.17, 15) is 8.42 Å². The van der Waals surface area contributed by atoms with Crippen molar-refractivity contribution in [3.8, 4) is 0 Å². The van der Waals surface area contributed by atoms with E-state index in [1.165, 1.54) is 22.5 Å². The summed E-state index contributed by atoms with van der Waals surface area (Å²) in [6.45, 7) is 0.992. The average Bonchev–Trinajstić information content (AvgIpc) is 2.77. The largest absolute Gasteiger partial charge is 0.396 e. The first-order valence-corrected chi connectivity index (χ1v) is 8.20. The van der Waals surface area contributed by atoms with Crippen LogP contribution in [0.2, 0.25) is 10.0 Å². The number of hydrogen-bond donors (Lipinski definition) is 1. The normalized spacial score (nSPS) is 20.9. The highest BCUT2D eigenvalue weighted by molar-refractivity contribution is 7.89. The zero-order valence-corrected chi connectivity index (χ0v) is 12.5. The smallest absolute Gasteiger partial charge is 0.243 e. The number of halogens is 2. The van der Waals surface area contributed by atoms with Crippen molar-refractivity contribution in [3.63, 3.8) is 0 Å². The second-order valence-corrected chi connectivity index (χ2v) is 7.45. The zero-order valence-electron chi connectivity index (χ0n) is 10.2. The van der Waals surface area contributed by atoms with Crippen molar-refractivity contribution >= 4 is 33.2 Å². The van der Waals surface area contributed by atoms with E-state index in [0.717, 1.165) is 6.42 Å². The second kappa shape index (κ2) is 5.97. The van der Waals surface area contributed by atoms with Gasteiger partial charge in [-0.15, -0.1) is 0 Å². The molecule has 19 heavy (non-hydrogen) atoms. The van der Waals surface area contributed by atoms with E-state index < -0.39 is 10.0 Å². The predicted octanol–water partition coefficient (Wildman–Crippen LogP) is 2.39. The highest BCUT2D eigenvalue weighted by Gasteiger charge is 2.32. The molecule has 1 fully saturated rings. The van der Waals surface area contributed by atoms with Gasteiger partial charge in [0.25, 0.3) is 0 Å². The number of rotatable bonds is 4. The topological polar surface area (TPSA) is 57.6 Å². The third kappa shape index (κ3) is 3.41. The number of aliphatic hydroxyl groups is 1. The van der Waals surface area contributed by atoms with Crippen LogP contribution in [0.4, 0.5) is 0 Å². The average molecular weight is 324 g/mol. The molecule has 0 amide bonds. The van der Waals surface area contributed by atoms with Gasteiger partial charge in [-0.1, -0.05) is 23.2 Å². The monoisotopic (exact) mass is 323 g/mol. The summed E-state index contributed by atoms with van der Waals surface area (Å²) >= 11 is 11.7. The molecule has 1 aromatic carbocycles. The summed E-state index contributed by atoms with van der Waals surface area (Å²) in [5.41, 5.74) is 0. The maximum absolute atomic E-state index is 12.4. The Balaban J connectivity index is 2.23. The molecule has 7 heteroatoms. The summed E-state index contributed by atoms with van der Waals surface area (Å²) in [6, 6.07) is 4.31. The third-order valence-corrected chi connectivity index (χ3v) is 5.54. The van der Waals surface area contributed by atoms with E-state index in [4.69, 9.17) is 28.3 Å². The summed E-state index contributed by atoms with van der Waals surface area (Å²) < 4.78 is 26.3. The summed E-state index contributed by atoms with van der Waals surface area (Å²) in [4.78, 5) is 0.120. The van der Waals surface area contributed by atoms with Crippen LogP contribution in [0.3, 0.4) is 0 Å². The lowest BCUT2D eigenvalue weighted by Crippen LogP contribution is -2.29. The summed E-state index contributed by atoms with van der Waals surface area (Å²) in [7, 11) is -3.55. The van der Waals surface area contributed by atoms with Gasteiger partial charge in [-0.25, -0.2) is 8.42 Å². The molecule has 1 aliphatic rings. The van der Waals surface area contributed by atoms with Crippen LogP contribution in [0.25, 0.3) is 0 Å². The number of nitrogens with zero attached hydrogens (tertiary/aromatic N) is 1. The fourth-order valence-corrected chi connectivity index (χ4v) is 4.52. The van der Waals surface area contributed by atoms with Crippen LogP contribution in [-0.4, -0.2) is 37.5 Å². The maximum atomic E-state index is 12.4. The molecule has 0 aromatic heterocycles. The molecule has 0 saturated carbocycles. The Hall–Kier alpha value is -0.330. The minimum atomic E-state index is -3.55. The molecule has 1 N–H and O–H groups in total. The Bertz CT molecular complexity index is 542. The predicted molar refractivity (Wildman–Crippen MR) is 75.0 cm³/mol. The Morgan fingerprint density at radius 3 is 2.47 bits per heavy atom. The number of hydrogen-bond acceptors (Lipinski definition) is 3. The highest BCUT2D eigenvalue weighted by Crippen LogP contribution is 2.29. The highest BCUT2D eigenvalue weighted by atomic mass is 35.5. The molecule has 1 atom stereocenters. The first-order chi connectivity index (χ1) is 8.93. The van der Waals surface area contributed by atoms with Crippen molar-refractivity contribution < 1.29 is 13.5 Å². The molecule has 0 radical (unpaired) electrons. The lowest BCUT2D eigenvalue weighted by molar-refractivity contribution is 0.259. The van der Waals surface area contributed by atoms with Gasteiger partial charge in [0.2, 0.25) is 10.0 Å². The number of benzene rings is 1. The minimum Gasteiger partial charge on any atom is -0.396 e. The Labute approximate surface area is 123 Å². The Morgan fingerprint density at radius 2 is 1.89 bits per heavy atom. The SMILES string of the molecule is O=S(=O)(c1cc(Cl)cc(Cl)c1)N1CCC(CCO)C1. The fourth-order valence-electron chi connectivity index (χ4n) is 2.26. The molecule has 1 saturated heterocycles. The van der Waals surface area contributed by atoms with Gasteiger partial charge in [0.05, 0.1) is 4.90 Å². The van der Waals surface area contributed by atoms with Gasteiger partial charge in [0.15, 0.2) is 0 Å². The number of sulfonamides is 1. The molecule has 1 heterocycles. The molecule has 2 rings (SSSR count). The van der Waals surface area contributed by atoms with Gasteiger partial charge in [0.1, 0.15) is 0 Å². The van der Waals surface area contributed by atoms with Crippen LogP contribution >= 0.6 is 23.2 Å². The summed E-state index contributed by atoms with van der Waals surface area (Å²) in [5.74, 6) is 0.217. The lowest BCUT2D eigenvalue weighted by atomic mass is 10.1. The standard InChI is InChI=1S/C12H15Cl2NO3S/c13-10-5-11(14)7-12(6-10)19(17,18)15-3-1-9(8-15)2-4-16/h5-7,9,16H,1-4,8H2. The quantitative estimate of drug-likeness (QED) is 0.925. The van der Waals surface area contributed by atoms with Crippen molar-refractivity contribution in [1.29, 1.82) is 0 Å². The first-order valence-electron chi connectivity index (χ1n) is 6.00. The number of aliphatic hydroxyl groups excluding tert-OH is 1. The molecule has 0 spiro atoms. The zero-order chi connectivity index (χ0) is 14.0. The van der Waals surface area contributed by atoms with Gasteiger partial charge in [-0.2, -0.15) is 4.31 Å². The molecule has 1 aromatic rings. The molecule has 1 unspecified atom stereocenters. The van der Waals surface area contributed by atoms with E-state index in [1.54, 1.807) is 0 Å². The maximum Gasteiger partial charge on any atom is 0.243 e. The van der Waals surface area contributed by atoms with Crippen molar-refractivity contribution in [2.75, 3.05) is 19.7 Å². The van der Waals surface area contributed by atoms with Gasteiger partial charge in [0, 0.05) is 29.7 Å². The van der Waals surface area contributed by atoms with E-state index in [1.807, 2.05) is 0 Å². The van der Waals surface area contributed by atoms with E-state index in [-0.39, 0.29) is 17.4 Å². The van der Waals surface area contributed by atoms with Crippen LogP contribution in [0.1, 0.15) is 12.8 Å². The third-order valence-electron chi connectivity index (χ3n) is 3.26. The van der Waals surface area contributed by atoms with Gasteiger partial charge in [-0.3, -0.25) is 0 Å².